The minimum absolute atomic E-state index is 0.126. The second-order valence-corrected chi connectivity index (χ2v) is 6.24. The molecule has 1 aromatic heterocycles. The lowest BCUT2D eigenvalue weighted by atomic mass is 10.2. The fraction of sp³-hybridized carbons (Fsp3) is 0.231. The maximum atomic E-state index is 12.1. The highest BCUT2D eigenvalue weighted by atomic mass is 32.2. The molecule has 0 radical (unpaired) electrons. The Morgan fingerprint density at radius 1 is 1.32 bits per heavy atom. The van der Waals surface area contributed by atoms with Gasteiger partial charge in [-0.1, -0.05) is 23.1 Å². The molecule has 116 valence electrons. The van der Waals surface area contributed by atoms with Gasteiger partial charge < -0.3 is 10.5 Å². The number of nitrogens with two attached hydrogens (primary N) is 1. The molecule has 22 heavy (non-hydrogen) atoms. The summed E-state index contributed by atoms with van der Waals surface area (Å²) in [5, 5.41) is 10.7. The third-order valence-electron chi connectivity index (χ3n) is 2.39. The molecule has 1 heterocycles. The first-order valence-electron chi connectivity index (χ1n) is 6.37. The van der Waals surface area contributed by atoms with Gasteiger partial charge in [-0.3, -0.25) is 14.9 Å². The number of hydrogen-bond acceptors (Lipinski definition) is 7. The smallest absolute Gasteiger partial charge is 0.257 e. The second kappa shape index (κ2) is 7.76. The van der Waals surface area contributed by atoms with Crippen LogP contribution in [0.15, 0.2) is 28.6 Å². The zero-order valence-corrected chi connectivity index (χ0v) is 13.4. The van der Waals surface area contributed by atoms with E-state index in [1.807, 2.05) is 6.92 Å². The van der Waals surface area contributed by atoms with Crippen molar-refractivity contribution in [2.24, 2.45) is 5.73 Å². The van der Waals surface area contributed by atoms with Crippen molar-refractivity contribution >= 4 is 40.0 Å². The van der Waals surface area contributed by atoms with Gasteiger partial charge in [-0.15, -0.1) is 10.2 Å². The number of carbonyl (C=O) groups excluding carboxylic acids is 2. The van der Waals surface area contributed by atoms with Gasteiger partial charge in [-0.2, -0.15) is 0 Å². The van der Waals surface area contributed by atoms with Gasteiger partial charge in [0.2, 0.25) is 11.0 Å². The van der Waals surface area contributed by atoms with E-state index in [9.17, 15) is 9.59 Å². The first-order valence-corrected chi connectivity index (χ1v) is 8.17. The van der Waals surface area contributed by atoms with Gasteiger partial charge in [0.25, 0.3) is 5.91 Å². The Morgan fingerprint density at radius 2 is 2.05 bits per heavy atom. The van der Waals surface area contributed by atoms with Crippen LogP contribution < -0.4 is 15.8 Å². The van der Waals surface area contributed by atoms with Crippen LogP contribution in [0.4, 0.5) is 5.13 Å². The highest BCUT2D eigenvalue weighted by Crippen LogP contribution is 2.25. The molecular formula is C13H14N4O3S2. The number of thioether (sulfide) groups is 1. The van der Waals surface area contributed by atoms with E-state index in [1.165, 1.54) is 23.1 Å². The Balaban J connectivity index is 1.95. The van der Waals surface area contributed by atoms with E-state index in [1.54, 1.807) is 24.3 Å². The molecule has 0 aliphatic heterocycles. The number of anilines is 1. The summed E-state index contributed by atoms with van der Waals surface area (Å²) in [6, 6.07) is 6.80. The molecule has 7 nitrogen and oxygen atoms in total. The quantitative estimate of drug-likeness (QED) is 0.588. The molecule has 0 aliphatic rings. The van der Waals surface area contributed by atoms with E-state index in [2.05, 4.69) is 15.5 Å². The Bertz CT molecular complexity index is 658. The Morgan fingerprint density at radius 3 is 2.68 bits per heavy atom. The van der Waals surface area contributed by atoms with Gasteiger partial charge in [-0.05, 0) is 31.2 Å². The van der Waals surface area contributed by atoms with Crippen LogP contribution in [0, 0.1) is 0 Å². The molecule has 0 saturated heterocycles. The first kappa shape index (κ1) is 16.2. The van der Waals surface area contributed by atoms with Crippen molar-refractivity contribution in [1.82, 2.24) is 10.2 Å². The SMILES string of the molecule is CCOc1ccc(C(=O)Nc2nnc(SCC(N)=O)s2)cc1. The highest BCUT2D eigenvalue weighted by Gasteiger charge is 2.11. The summed E-state index contributed by atoms with van der Waals surface area (Å²) in [7, 11) is 0. The van der Waals surface area contributed by atoms with Gasteiger partial charge in [0.1, 0.15) is 5.75 Å². The summed E-state index contributed by atoms with van der Waals surface area (Å²) in [5.41, 5.74) is 5.54. The maximum Gasteiger partial charge on any atom is 0.257 e. The van der Waals surface area contributed by atoms with Crippen LogP contribution in [-0.4, -0.2) is 34.4 Å². The minimum Gasteiger partial charge on any atom is -0.494 e. The molecule has 2 rings (SSSR count). The molecule has 0 bridgehead atoms. The summed E-state index contributed by atoms with van der Waals surface area (Å²) in [5.74, 6) is 0.118. The van der Waals surface area contributed by atoms with Crippen molar-refractivity contribution in [3.05, 3.63) is 29.8 Å². The standard InChI is InChI=1S/C13H14N4O3S2/c1-2-20-9-5-3-8(4-6-9)11(19)15-12-16-17-13(22-12)21-7-10(14)18/h3-6H,2,7H2,1H3,(H2,14,18)(H,15,16,19). The van der Waals surface area contributed by atoms with E-state index < -0.39 is 5.91 Å². The van der Waals surface area contributed by atoms with Crippen LogP contribution in [0.2, 0.25) is 0 Å². The van der Waals surface area contributed by atoms with Gasteiger partial charge >= 0.3 is 0 Å². The number of primary amides is 1. The monoisotopic (exact) mass is 338 g/mol. The summed E-state index contributed by atoms with van der Waals surface area (Å²) in [6.45, 7) is 2.46. The van der Waals surface area contributed by atoms with Crippen LogP contribution in [0.25, 0.3) is 0 Å². The third kappa shape index (κ3) is 4.71. The summed E-state index contributed by atoms with van der Waals surface area (Å²) >= 11 is 2.37. The summed E-state index contributed by atoms with van der Waals surface area (Å²) in [6.07, 6.45) is 0. The predicted octanol–water partition coefficient (Wildman–Crippen LogP) is 1.77. The molecule has 1 aromatic carbocycles. The van der Waals surface area contributed by atoms with Crippen LogP contribution in [0.1, 0.15) is 17.3 Å². The number of amides is 2. The number of aromatic nitrogens is 2. The Kier molecular flexibility index (Phi) is 5.73. The molecule has 0 unspecified atom stereocenters. The number of benzene rings is 1. The first-order chi connectivity index (χ1) is 10.6. The Hall–Kier alpha value is -2.13. The lowest BCUT2D eigenvalue weighted by Gasteiger charge is -2.04. The molecule has 2 amide bonds. The lowest BCUT2D eigenvalue weighted by molar-refractivity contribution is -0.115. The minimum atomic E-state index is -0.430. The van der Waals surface area contributed by atoms with E-state index in [-0.39, 0.29) is 11.7 Å². The fourth-order valence-electron chi connectivity index (χ4n) is 1.49. The van der Waals surface area contributed by atoms with Crippen molar-refractivity contribution in [1.29, 1.82) is 0 Å². The highest BCUT2D eigenvalue weighted by molar-refractivity contribution is 8.01. The fourth-order valence-corrected chi connectivity index (χ4v) is 2.98. The largest absolute Gasteiger partial charge is 0.494 e. The van der Waals surface area contributed by atoms with E-state index in [4.69, 9.17) is 10.5 Å². The summed E-state index contributed by atoms with van der Waals surface area (Å²) in [4.78, 5) is 22.8. The topological polar surface area (TPSA) is 107 Å². The van der Waals surface area contributed by atoms with E-state index >= 15 is 0 Å². The lowest BCUT2D eigenvalue weighted by Crippen LogP contribution is -2.12. The van der Waals surface area contributed by atoms with Crippen molar-refractivity contribution in [2.75, 3.05) is 17.7 Å². The number of ether oxygens (including phenoxy) is 1. The van der Waals surface area contributed by atoms with Crippen LogP contribution in [0.5, 0.6) is 5.75 Å². The summed E-state index contributed by atoms with van der Waals surface area (Å²) < 4.78 is 5.89. The Labute approximate surface area is 135 Å². The molecule has 0 spiro atoms. The van der Waals surface area contributed by atoms with Crippen LogP contribution in [0.3, 0.4) is 0 Å². The normalized spacial score (nSPS) is 10.2. The average molecular weight is 338 g/mol. The van der Waals surface area contributed by atoms with Crippen molar-refractivity contribution < 1.29 is 14.3 Å². The molecule has 0 saturated carbocycles. The number of carbonyl (C=O) groups is 2. The van der Waals surface area contributed by atoms with Gasteiger partial charge in [0.05, 0.1) is 12.4 Å². The van der Waals surface area contributed by atoms with E-state index in [0.717, 1.165) is 0 Å². The second-order valence-electron chi connectivity index (χ2n) is 4.04. The molecule has 3 N–H and O–H groups in total. The van der Waals surface area contributed by atoms with Gasteiger partial charge in [-0.25, -0.2) is 0 Å². The van der Waals surface area contributed by atoms with Crippen molar-refractivity contribution in [3.8, 4) is 5.75 Å². The van der Waals surface area contributed by atoms with Gasteiger partial charge in [0, 0.05) is 5.56 Å². The van der Waals surface area contributed by atoms with Crippen molar-refractivity contribution in [3.63, 3.8) is 0 Å². The van der Waals surface area contributed by atoms with Gasteiger partial charge in [0.15, 0.2) is 4.34 Å². The van der Waals surface area contributed by atoms with Crippen LogP contribution in [-0.2, 0) is 4.79 Å². The van der Waals surface area contributed by atoms with E-state index in [0.29, 0.717) is 27.4 Å². The molecule has 0 atom stereocenters. The number of nitrogens with one attached hydrogen (secondary N) is 1. The predicted molar refractivity (Wildman–Crippen MR) is 85.4 cm³/mol. The van der Waals surface area contributed by atoms with Crippen molar-refractivity contribution in [2.45, 2.75) is 11.3 Å². The van der Waals surface area contributed by atoms with Crippen LogP contribution >= 0.6 is 23.1 Å². The molecule has 0 fully saturated rings. The maximum absolute atomic E-state index is 12.1. The number of hydrogen-bond donors (Lipinski definition) is 2. The molecule has 0 aliphatic carbocycles. The zero-order chi connectivity index (χ0) is 15.9. The number of rotatable bonds is 7. The molecular weight excluding hydrogens is 324 g/mol. The molecule has 2 aromatic rings. The zero-order valence-electron chi connectivity index (χ0n) is 11.7. The third-order valence-corrected chi connectivity index (χ3v) is 4.39. The number of nitrogens with zero attached hydrogens (tertiary/aromatic N) is 2. The molecule has 9 heteroatoms. The average Bonchev–Trinajstić information content (AvgIpc) is 2.94.